The Morgan fingerprint density at radius 1 is 0.875 bits per heavy atom. The molecule has 2 N–H and O–H groups in total. The molecule has 0 spiro atoms. The third kappa shape index (κ3) is 10.7. The van der Waals surface area contributed by atoms with E-state index in [0.717, 1.165) is 6.07 Å². The number of nitro groups is 1. The highest BCUT2D eigenvalue weighted by atomic mass is 32.3. The number of halogens is 8. The van der Waals surface area contributed by atoms with Crippen LogP contribution < -0.4 is 9.03 Å². The number of imide groups is 1. The van der Waals surface area contributed by atoms with Crippen LogP contribution in [0.5, 0.6) is 0 Å². The van der Waals surface area contributed by atoms with Gasteiger partial charge in [-0.05, 0) is 45.2 Å². The number of rotatable bonds is 18. The lowest BCUT2D eigenvalue weighted by atomic mass is 10.0. The quantitative estimate of drug-likeness (QED) is 0.0550. The van der Waals surface area contributed by atoms with Crippen molar-refractivity contribution in [1.82, 2.24) is 9.03 Å². The van der Waals surface area contributed by atoms with Crippen molar-refractivity contribution < 1.29 is 62.3 Å². The topological polar surface area (TPSA) is 171 Å². The molecule has 1 atom stereocenters. The van der Waals surface area contributed by atoms with Gasteiger partial charge in [0.1, 0.15) is 21.0 Å². The largest absolute Gasteiger partial charge is 0.453 e. The number of benzene rings is 1. The predicted molar refractivity (Wildman–Crippen MR) is 157 cm³/mol. The lowest BCUT2D eigenvalue weighted by Gasteiger charge is -2.27. The zero-order valence-corrected chi connectivity index (χ0v) is 27.4. The van der Waals surface area contributed by atoms with Crippen molar-refractivity contribution in [3.05, 3.63) is 33.9 Å². The van der Waals surface area contributed by atoms with Gasteiger partial charge in [-0.15, -0.1) is 4.13 Å². The minimum Gasteiger partial charge on any atom is -0.310 e. The Morgan fingerprint density at radius 3 is 1.94 bits per heavy atom. The Balaban J connectivity index is 1.79. The molecule has 1 unspecified atom stereocenters. The van der Waals surface area contributed by atoms with Crippen LogP contribution in [0.15, 0.2) is 18.2 Å². The number of anilines is 1. The summed E-state index contributed by atoms with van der Waals surface area (Å²) in [7, 11) is -8.46. The summed E-state index contributed by atoms with van der Waals surface area (Å²) in [4.78, 5) is 37.7. The van der Waals surface area contributed by atoms with E-state index >= 15 is 0 Å². The molecule has 0 radical (unpaired) electrons. The van der Waals surface area contributed by atoms with Gasteiger partial charge in [-0.25, -0.2) is 27.1 Å². The molecule has 1 aromatic rings. The first kappa shape index (κ1) is 41.0. The minimum absolute atomic E-state index is 0.0715. The third-order valence-electron chi connectivity index (χ3n) is 7.46. The van der Waals surface area contributed by atoms with Gasteiger partial charge in [0.05, 0.1) is 16.4 Å². The summed E-state index contributed by atoms with van der Waals surface area (Å²) in [6, 6.07) is 0.964. The summed E-state index contributed by atoms with van der Waals surface area (Å²) in [6.45, 7) is 2.91. The van der Waals surface area contributed by atoms with Crippen LogP contribution in [-0.2, 0) is 30.9 Å². The van der Waals surface area contributed by atoms with Crippen molar-refractivity contribution in [2.24, 2.45) is 0 Å². The predicted octanol–water partition coefficient (Wildman–Crippen LogP) is 6.75. The molecule has 3 amide bonds. The van der Waals surface area contributed by atoms with Gasteiger partial charge in [0.25, 0.3) is 11.6 Å². The molecule has 0 aromatic heterocycles. The Bertz CT molecular complexity index is 1570. The molecule has 274 valence electrons. The van der Waals surface area contributed by atoms with E-state index < -0.39 is 102 Å². The van der Waals surface area contributed by atoms with E-state index in [1.54, 1.807) is 4.13 Å². The Hall–Kier alpha value is -3.14. The van der Waals surface area contributed by atoms with Crippen molar-refractivity contribution in [2.75, 3.05) is 23.0 Å². The molecular weight excluding hydrogens is 710 g/mol. The van der Waals surface area contributed by atoms with Crippen molar-refractivity contribution in [3.8, 4) is 0 Å². The van der Waals surface area contributed by atoms with Gasteiger partial charge >= 0.3 is 24.3 Å². The summed E-state index contributed by atoms with van der Waals surface area (Å²) in [5.74, 6) is -7.49. The number of unbranched alkanes of at least 4 members (excludes halogenated alkanes) is 6. The Kier molecular flexibility index (Phi) is 13.0. The number of carbonyl (C=O) groups excluding carboxylic acids is 2. The zero-order valence-electron chi connectivity index (χ0n) is 25.8. The second kappa shape index (κ2) is 15.2. The van der Waals surface area contributed by atoms with Gasteiger partial charge in [-0.1, -0.05) is 32.1 Å². The standard InChI is InChI=1S/C26H35F8N5O7S2/c1-23(2)21(40)38(18-11-12-20(39(42)43)19(17-18)25(29,30)31)22(41)37(23)14-8-6-4-3-5-7-9-15-47(35,44)36-48(45,46)16-10-13-24(27,28)26(32,33)34/h11-12,17H,3-10,13-16H2,1-2H3,(H2,35,36,44). The van der Waals surface area contributed by atoms with Crippen molar-refractivity contribution in [2.45, 2.75) is 95.4 Å². The van der Waals surface area contributed by atoms with E-state index in [-0.39, 0.29) is 13.0 Å². The van der Waals surface area contributed by atoms with E-state index in [2.05, 4.69) is 0 Å². The fraction of sp³-hybridized carbons (Fsp3) is 0.692. The summed E-state index contributed by atoms with van der Waals surface area (Å²) < 4.78 is 148. The Labute approximate surface area is 271 Å². The lowest BCUT2D eigenvalue weighted by molar-refractivity contribution is -0.388. The number of hydrogen-bond acceptors (Lipinski definition) is 8. The monoisotopic (exact) mass is 745 g/mol. The van der Waals surface area contributed by atoms with Gasteiger partial charge in [-0.3, -0.25) is 14.9 Å². The smallest absolute Gasteiger partial charge is 0.310 e. The van der Waals surface area contributed by atoms with E-state index in [1.165, 1.54) is 18.7 Å². The third-order valence-corrected chi connectivity index (χ3v) is 11.2. The van der Waals surface area contributed by atoms with Gasteiger partial charge < -0.3 is 4.90 Å². The number of hydrogen-bond donors (Lipinski definition) is 2. The highest BCUT2D eigenvalue weighted by Gasteiger charge is 2.56. The molecule has 2 rings (SSSR count). The number of carbonyl (C=O) groups is 2. The fourth-order valence-corrected chi connectivity index (χ4v) is 8.30. The number of nitrogens with one attached hydrogen (secondary N) is 2. The molecule has 22 heteroatoms. The van der Waals surface area contributed by atoms with Crippen LogP contribution in [0.4, 0.5) is 51.3 Å². The van der Waals surface area contributed by atoms with Crippen molar-refractivity contribution >= 4 is 43.3 Å². The van der Waals surface area contributed by atoms with Crippen LogP contribution in [0.25, 0.3) is 0 Å². The molecule has 0 saturated carbocycles. The average molecular weight is 746 g/mol. The van der Waals surface area contributed by atoms with Crippen molar-refractivity contribution in [3.63, 3.8) is 0 Å². The second-order valence-electron chi connectivity index (χ2n) is 11.7. The van der Waals surface area contributed by atoms with Crippen LogP contribution in [0.2, 0.25) is 0 Å². The van der Waals surface area contributed by atoms with Crippen LogP contribution in [0, 0.1) is 14.9 Å². The first-order valence-corrected chi connectivity index (χ1v) is 17.9. The highest BCUT2D eigenvalue weighted by molar-refractivity contribution is 8.05. The molecule has 48 heavy (non-hydrogen) atoms. The van der Waals surface area contributed by atoms with Gasteiger partial charge in [0.15, 0.2) is 0 Å². The molecule has 1 aliphatic rings. The van der Waals surface area contributed by atoms with Gasteiger partial charge in [-0.2, -0.15) is 35.1 Å². The molecule has 1 heterocycles. The maximum atomic E-state index is 13.4. The van der Waals surface area contributed by atoms with Crippen LogP contribution >= 0.6 is 0 Å². The Morgan fingerprint density at radius 2 is 1.42 bits per heavy atom. The number of sulfonamides is 1. The molecule has 0 bridgehead atoms. The maximum absolute atomic E-state index is 13.4. The molecule has 1 aromatic carbocycles. The molecule has 1 saturated heterocycles. The number of alkyl halides is 8. The second-order valence-corrected chi connectivity index (χ2v) is 15.7. The number of nitrogens with zero attached hydrogens (tertiary/aromatic N) is 3. The van der Waals surface area contributed by atoms with E-state index in [0.29, 0.717) is 55.6 Å². The summed E-state index contributed by atoms with van der Waals surface area (Å²) in [5, 5.41) is 11.1. The van der Waals surface area contributed by atoms with Crippen LogP contribution in [0.1, 0.15) is 77.2 Å². The van der Waals surface area contributed by atoms with Crippen molar-refractivity contribution in [1.29, 1.82) is 4.78 Å². The normalized spacial score (nSPS) is 17.2. The summed E-state index contributed by atoms with van der Waals surface area (Å²) >= 11 is 0. The van der Waals surface area contributed by atoms with E-state index in [1.807, 2.05) is 0 Å². The van der Waals surface area contributed by atoms with Gasteiger partial charge in [0.2, 0.25) is 10.0 Å². The molecule has 12 nitrogen and oxygen atoms in total. The fourth-order valence-electron chi connectivity index (χ4n) is 4.86. The van der Waals surface area contributed by atoms with E-state index in [9.17, 15) is 67.5 Å². The lowest BCUT2D eigenvalue weighted by Crippen LogP contribution is -2.44. The molecule has 1 aliphatic heterocycles. The zero-order chi connectivity index (χ0) is 36.9. The van der Waals surface area contributed by atoms with Gasteiger partial charge in [0, 0.05) is 24.8 Å². The first-order chi connectivity index (χ1) is 21.7. The molecule has 0 aliphatic carbocycles. The number of urea groups is 1. The SMILES string of the molecule is CC1(C)C(=O)N(c2ccc([N+](=O)[O-])c(C(F)(F)F)c2)C(=O)N1CCCCCCCCCS(=N)(=O)NS(=O)(=O)CCCC(F)(F)C(F)(F)F. The average Bonchev–Trinajstić information content (AvgIpc) is 3.08. The highest BCUT2D eigenvalue weighted by Crippen LogP contribution is 2.41. The maximum Gasteiger partial charge on any atom is 0.453 e. The summed E-state index contributed by atoms with van der Waals surface area (Å²) in [5.41, 5.74) is -4.72. The summed E-state index contributed by atoms with van der Waals surface area (Å²) in [6.07, 6.45) is -10.5. The number of nitro benzene ring substituents is 1. The van der Waals surface area contributed by atoms with Crippen LogP contribution in [0.3, 0.4) is 0 Å². The minimum atomic E-state index is -5.84. The van der Waals surface area contributed by atoms with E-state index in [4.69, 9.17) is 4.78 Å². The first-order valence-electron chi connectivity index (χ1n) is 14.5. The number of amides is 3. The molecular formula is C26H35F8N5O7S2. The molecule has 1 fully saturated rings. The van der Waals surface area contributed by atoms with Crippen LogP contribution in [-0.4, -0.2) is 70.1 Å².